The first kappa shape index (κ1) is 14.3. The maximum atomic E-state index is 12.5. The summed E-state index contributed by atoms with van der Waals surface area (Å²) in [6, 6.07) is 9.26. The highest BCUT2D eigenvalue weighted by atomic mass is 35.5. The summed E-state index contributed by atoms with van der Waals surface area (Å²) in [6.45, 7) is 2.12. The lowest BCUT2D eigenvalue weighted by Gasteiger charge is -2.34. The molecule has 0 bridgehead atoms. The number of nitrogens with zero attached hydrogens (tertiary/aromatic N) is 1. The largest absolute Gasteiger partial charge is 0.346 e. The van der Waals surface area contributed by atoms with Crippen molar-refractivity contribution in [3.05, 3.63) is 41.0 Å². The second kappa shape index (κ2) is 5.64. The second-order valence-corrected chi connectivity index (χ2v) is 6.49. The van der Waals surface area contributed by atoms with Crippen LogP contribution in [0.5, 0.6) is 0 Å². The van der Waals surface area contributed by atoms with E-state index >= 15 is 0 Å². The van der Waals surface area contributed by atoms with E-state index in [1.165, 1.54) is 19.3 Å². The molecule has 1 fully saturated rings. The number of amides is 1. The highest BCUT2D eigenvalue weighted by Crippen LogP contribution is 2.28. The first-order valence-electron chi connectivity index (χ1n) is 7.45. The van der Waals surface area contributed by atoms with Crippen LogP contribution in [0.1, 0.15) is 49.5 Å². The molecule has 0 radical (unpaired) electrons. The quantitative estimate of drug-likeness (QED) is 0.896. The molecule has 1 amide bonds. The Bertz CT molecular complexity index is 678. The Morgan fingerprint density at radius 3 is 2.71 bits per heavy atom. The normalized spacial score (nSPS) is 17.6. The van der Waals surface area contributed by atoms with Gasteiger partial charge in [0.2, 0.25) is 0 Å². The minimum Gasteiger partial charge on any atom is -0.346 e. The van der Waals surface area contributed by atoms with Crippen LogP contribution in [0.4, 0.5) is 0 Å². The van der Waals surface area contributed by atoms with Crippen LogP contribution in [0.2, 0.25) is 5.02 Å². The standard InChI is InChI=1S/C17H19ClN2O/c1-17(9-5-2-6-10-17)20-16(21)15-11-13(18)12-7-3-4-8-14(12)19-15/h3-4,7-8,11H,2,5-6,9-10H2,1H3,(H,20,21). The molecule has 3 rings (SSSR count). The summed E-state index contributed by atoms with van der Waals surface area (Å²) in [4.78, 5) is 16.9. The smallest absolute Gasteiger partial charge is 0.270 e. The molecule has 0 saturated heterocycles. The predicted octanol–water partition coefficient (Wildman–Crippen LogP) is 4.34. The van der Waals surface area contributed by atoms with Crippen molar-refractivity contribution in [2.24, 2.45) is 0 Å². The lowest BCUT2D eigenvalue weighted by Crippen LogP contribution is -2.47. The summed E-state index contributed by atoms with van der Waals surface area (Å²) >= 11 is 6.26. The zero-order chi connectivity index (χ0) is 14.9. The summed E-state index contributed by atoms with van der Waals surface area (Å²) in [5.74, 6) is -0.132. The maximum Gasteiger partial charge on any atom is 0.270 e. The molecule has 21 heavy (non-hydrogen) atoms. The second-order valence-electron chi connectivity index (χ2n) is 6.08. The van der Waals surface area contributed by atoms with E-state index in [1.54, 1.807) is 6.07 Å². The van der Waals surface area contributed by atoms with Crippen LogP contribution in [-0.4, -0.2) is 16.4 Å². The maximum absolute atomic E-state index is 12.5. The number of aromatic nitrogens is 1. The number of carbonyl (C=O) groups is 1. The third-order valence-electron chi connectivity index (χ3n) is 4.27. The average molecular weight is 303 g/mol. The molecule has 1 heterocycles. The molecule has 2 aromatic rings. The molecule has 1 saturated carbocycles. The van der Waals surface area contributed by atoms with Crippen molar-refractivity contribution in [1.29, 1.82) is 0 Å². The number of halogens is 1. The number of nitrogens with one attached hydrogen (secondary N) is 1. The van der Waals surface area contributed by atoms with Crippen molar-refractivity contribution in [3.8, 4) is 0 Å². The van der Waals surface area contributed by atoms with Gasteiger partial charge in [0.15, 0.2) is 0 Å². The van der Waals surface area contributed by atoms with Gasteiger partial charge >= 0.3 is 0 Å². The molecular weight excluding hydrogens is 284 g/mol. The first-order valence-corrected chi connectivity index (χ1v) is 7.83. The Balaban J connectivity index is 1.87. The van der Waals surface area contributed by atoms with Crippen molar-refractivity contribution in [2.75, 3.05) is 0 Å². The van der Waals surface area contributed by atoms with Gasteiger partial charge in [0.25, 0.3) is 5.91 Å². The van der Waals surface area contributed by atoms with E-state index in [4.69, 9.17) is 11.6 Å². The monoisotopic (exact) mass is 302 g/mol. The fraction of sp³-hybridized carbons (Fsp3) is 0.412. The molecule has 0 aliphatic heterocycles. The molecule has 110 valence electrons. The molecule has 0 atom stereocenters. The topological polar surface area (TPSA) is 42.0 Å². The minimum atomic E-state index is -0.132. The SMILES string of the molecule is CC1(NC(=O)c2cc(Cl)c3ccccc3n2)CCCCC1. The Kier molecular flexibility index (Phi) is 3.85. The van der Waals surface area contributed by atoms with Crippen LogP contribution in [0, 0.1) is 0 Å². The van der Waals surface area contributed by atoms with Crippen molar-refractivity contribution >= 4 is 28.4 Å². The highest BCUT2D eigenvalue weighted by molar-refractivity contribution is 6.35. The van der Waals surface area contributed by atoms with Gasteiger partial charge in [0.05, 0.1) is 10.5 Å². The van der Waals surface area contributed by atoms with Crippen LogP contribution < -0.4 is 5.32 Å². The molecule has 3 nitrogen and oxygen atoms in total. The number of hydrogen-bond donors (Lipinski definition) is 1. The number of carbonyl (C=O) groups excluding carboxylic acids is 1. The van der Waals surface area contributed by atoms with E-state index in [9.17, 15) is 4.79 Å². The molecule has 1 aliphatic carbocycles. The molecule has 4 heteroatoms. The fourth-order valence-corrected chi connectivity index (χ4v) is 3.31. The molecule has 1 aromatic carbocycles. The van der Waals surface area contributed by atoms with E-state index in [0.29, 0.717) is 10.7 Å². The number of benzene rings is 1. The predicted molar refractivity (Wildman–Crippen MR) is 85.7 cm³/mol. The van der Waals surface area contributed by atoms with Gasteiger partial charge in [-0.3, -0.25) is 4.79 Å². The van der Waals surface area contributed by atoms with Crippen LogP contribution in [0.3, 0.4) is 0 Å². The molecule has 0 spiro atoms. The van der Waals surface area contributed by atoms with Crippen LogP contribution >= 0.6 is 11.6 Å². The van der Waals surface area contributed by atoms with Crippen molar-refractivity contribution in [1.82, 2.24) is 10.3 Å². The molecule has 1 aromatic heterocycles. The van der Waals surface area contributed by atoms with Crippen molar-refractivity contribution in [2.45, 2.75) is 44.6 Å². The fourth-order valence-electron chi connectivity index (χ4n) is 3.04. The van der Waals surface area contributed by atoms with Gasteiger partial charge in [-0.15, -0.1) is 0 Å². The van der Waals surface area contributed by atoms with Gasteiger partial charge in [0.1, 0.15) is 5.69 Å². The van der Waals surface area contributed by atoms with Crippen molar-refractivity contribution < 1.29 is 4.79 Å². The Hall–Kier alpha value is -1.61. The highest BCUT2D eigenvalue weighted by Gasteiger charge is 2.29. The third kappa shape index (κ3) is 3.03. The summed E-state index contributed by atoms with van der Waals surface area (Å²) in [5.41, 5.74) is 1.03. The van der Waals surface area contributed by atoms with E-state index in [1.807, 2.05) is 24.3 Å². The van der Waals surface area contributed by atoms with Gasteiger partial charge in [-0.2, -0.15) is 0 Å². The van der Waals surface area contributed by atoms with Gasteiger partial charge in [-0.1, -0.05) is 49.1 Å². The number of hydrogen-bond acceptors (Lipinski definition) is 2. The van der Waals surface area contributed by atoms with Crippen LogP contribution in [0.15, 0.2) is 30.3 Å². The van der Waals surface area contributed by atoms with E-state index in [-0.39, 0.29) is 11.4 Å². The molecular formula is C17H19ClN2O. The summed E-state index contributed by atoms with van der Waals surface area (Å²) in [6.07, 6.45) is 5.65. The summed E-state index contributed by atoms with van der Waals surface area (Å²) in [5, 5.41) is 4.59. The number of para-hydroxylation sites is 1. The lowest BCUT2D eigenvalue weighted by atomic mass is 9.83. The third-order valence-corrected chi connectivity index (χ3v) is 4.58. The van der Waals surface area contributed by atoms with Gasteiger partial charge in [-0.05, 0) is 31.9 Å². The van der Waals surface area contributed by atoms with Gasteiger partial charge in [-0.25, -0.2) is 4.98 Å². The van der Waals surface area contributed by atoms with Crippen LogP contribution in [-0.2, 0) is 0 Å². The molecule has 1 N–H and O–H groups in total. The zero-order valence-electron chi connectivity index (χ0n) is 12.2. The number of pyridine rings is 1. The zero-order valence-corrected chi connectivity index (χ0v) is 12.9. The Morgan fingerprint density at radius 2 is 1.95 bits per heavy atom. The average Bonchev–Trinajstić information content (AvgIpc) is 2.47. The van der Waals surface area contributed by atoms with Crippen molar-refractivity contribution in [3.63, 3.8) is 0 Å². The summed E-state index contributed by atoms with van der Waals surface area (Å²) < 4.78 is 0. The number of fused-ring (bicyclic) bond motifs is 1. The lowest BCUT2D eigenvalue weighted by molar-refractivity contribution is 0.0878. The molecule has 0 unspecified atom stereocenters. The van der Waals surface area contributed by atoms with E-state index < -0.39 is 0 Å². The first-order chi connectivity index (χ1) is 10.1. The Morgan fingerprint density at radius 1 is 1.24 bits per heavy atom. The minimum absolute atomic E-state index is 0.116. The van der Waals surface area contributed by atoms with Gasteiger partial charge < -0.3 is 5.32 Å². The Labute approximate surface area is 129 Å². The van der Waals surface area contributed by atoms with E-state index in [0.717, 1.165) is 23.7 Å². The van der Waals surface area contributed by atoms with Crippen LogP contribution in [0.25, 0.3) is 10.9 Å². The van der Waals surface area contributed by atoms with Gasteiger partial charge in [0, 0.05) is 10.9 Å². The summed E-state index contributed by atoms with van der Waals surface area (Å²) in [7, 11) is 0. The van der Waals surface area contributed by atoms with E-state index in [2.05, 4.69) is 17.2 Å². The number of rotatable bonds is 2. The molecule has 1 aliphatic rings.